The molecule has 1 saturated heterocycles. The summed E-state index contributed by atoms with van der Waals surface area (Å²) < 4.78 is 28.9. The van der Waals surface area contributed by atoms with E-state index in [9.17, 15) is 8.42 Å². The Bertz CT molecular complexity index is 328. The van der Waals surface area contributed by atoms with E-state index in [0.29, 0.717) is 13.2 Å². The molecule has 1 heterocycles. The fraction of sp³-hybridized carbons (Fsp3) is 1.00. The van der Waals surface area contributed by atoms with Crippen LogP contribution in [0.15, 0.2) is 0 Å². The van der Waals surface area contributed by atoms with Crippen molar-refractivity contribution in [3.63, 3.8) is 0 Å². The second-order valence-electron chi connectivity index (χ2n) is 4.98. The van der Waals surface area contributed by atoms with E-state index in [2.05, 4.69) is 4.90 Å². The highest BCUT2D eigenvalue weighted by atomic mass is 32.2. The van der Waals surface area contributed by atoms with Crippen molar-refractivity contribution in [1.29, 1.82) is 0 Å². The highest BCUT2D eigenvalue weighted by Gasteiger charge is 2.25. The number of hydrogen-bond acceptors (Lipinski definition) is 5. The maximum atomic E-state index is 11.7. The van der Waals surface area contributed by atoms with Gasteiger partial charge in [-0.2, -0.15) is 0 Å². The predicted octanol–water partition coefficient (Wildman–Crippen LogP) is -0.142. The third-order valence-electron chi connectivity index (χ3n) is 3.17. The summed E-state index contributed by atoms with van der Waals surface area (Å²) in [6.45, 7) is 8.08. The molecule has 102 valence electrons. The van der Waals surface area contributed by atoms with Gasteiger partial charge in [0.05, 0.1) is 23.7 Å². The topological polar surface area (TPSA) is 72.6 Å². The summed E-state index contributed by atoms with van der Waals surface area (Å²) in [5.41, 5.74) is 5.79. The quantitative estimate of drug-likeness (QED) is 0.748. The molecule has 1 aliphatic heterocycles. The summed E-state index contributed by atoms with van der Waals surface area (Å²) >= 11 is 0. The highest BCUT2D eigenvalue weighted by molar-refractivity contribution is 7.92. The van der Waals surface area contributed by atoms with E-state index in [0.717, 1.165) is 13.1 Å². The van der Waals surface area contributed by atoms with Crippen molar-refractivity contribution in [2.24, 2.45) is 5.73 Å². The monoisotopic (exact) mass is 264 g/mol. The van der Waals surface area contributed by atoms with Crippen molar-refractivity contribution < 1.29 is 13.2 Å². The zero-order valence-corrected chi connectivity index (χ0v) is 11.7. The van der Waals surface area contributed by atoms with Crippen LogP contribution in [0, 0.1) is 0 Å². The lowest BCUT2D eigenvalue weighted by molar-refractivity contribution is -0.0356. The number of sulfone groups is 1. The molecule has 2 unspecified atom stereocenters. The Morgan fingerprint density at radius 1 is 1.41 bits per heavy atom. The Hall–Kier alpha value is -0.170. The number of morpholine rings is 1. The van der Waals surface area contributed by atoms with E-state index in [4.69, 9.17) is 10.5 Å². The van der Waals surface area contributed by atoms with Crippen LogP contribution in [0.1, 0.15) is 20.8 Å². The number of nitrogens with two attached hydrogens (primary N) is 1. The van der Waals surface area contributed by atoms with Crippen LogP contribution in [0.25, 0.3) is 0 Å². The highest BCUT2D eigenvalue weighted by Crippen LogP contribution is 2.09. The van der Waals surface area contributed by atoms with Gasteiger partial charge in [0, 0.05) is 25.7 Å². The zero-order valence-electron chi connectivity index (χ0n) is 10.9. The van der Waals surface area contributed by atoms with Gasteiger partial charge in [-0.1, -0.05) is 0 Å². The molecule has 0 aromatic rings. The molecule has 0 spiro atoms. The van der Waals surface area contributed by atoms with Gasteiger partial charge in [0.25, 0.3) is 0 Å². The van der Waals surface area contributed by atoms with Crippen molar-refractivity contribution in [2.75, 3.05) is 32.0 Å². The molecule has 2 N–H and O–H groups in total. The molecule has 0 bridgehead atoms. The zero-order chi connectivity index (χ0) is 13.1. The van der Waals surface area contributed by atoms with Gasteiger partial charge < -0.3 is 10.5 Å². The van der Waals surface area contributed by atoms with Crippen LogP contribution < -0.4 is 5.73 Å². The second kappa shape index (κ2) is 6.13. The van der Waals surface area contributed by atoms with Crippen LogP contribution in [0.2, 0.25) is 0 Å². The average Bonchev–Trinajstić information content (AvgIpc) is 2.26. The molecule has 1 rings (SSSR count). The standard InChI is InChI=1S/C11H24N2O3S/c1-9(2)17(14,15)7-5-13-4-6-16-11(8-13)10(3)12/h9-11H,4-8,12H2,1-3H3. The van der Waals surface area contributed by atoms with Crippen LogP contribution in [0.3, 0.4) is 0 Å². The van der Waals surface area contributed by atoms with Gasteiger partial charge in [0.1, 0.15) is 0 Å². The number of nitrogens with zero attached hydrogens (tertiary/aromatic N) is 1. The number of rotatable bonds is 5. The average molecular weight is 264 g/mol. The molecule has 1 fully saturated rings. The fourth-order valence-corrected chi connectivity index (χ4v) is 2.73. The van der Waals surface area contributed by atoms with Gasteiger partial charge in [-0.05, 0) is 20.8 Å². The molecule has 1 aliphatic rings. The smallest absolute Gasteiger partial charge is 0.153 e. The van der Waals surface area contributed by atoms with E-state index in [1.807, 2.05) is 6.92 Å². The summed E-state index contributed by atoms with van der Waals surface area (Å²) in [7, 11) is -2.95. The fourth-order valence-electron chi connectivity index (χ4n) is 1.74. The largest absolute Gasteiger partial charge is 0.374 e. The lowest BCUT2D eigenvalue weighted by Gasteiger charge is -2.34. The molecule has 2 atom stereocenters. The maximum absolute atomic E-state index is 11.7. The number of hydrogen-bond donors (Lipinski definition) is 1. The molecule has 0 amide bonds. The number of ether oxygens (including phenoxy) is 1. The summed E-state index contributed by atoms with van der Waals surface area (Å²) in [6, 6.07) is -0.0143. The molecule has 0 saturated carbocycles. The van der Waals surface area contributed by atoms with E-state index < -0.39 is 9.84 Å². The third-order valence-corrected chi connectivity index (χ3v) is 5.36. The molecule has 5 nitrogen and oxygen atoms in total. The minimum Gasteiger partial charge on any atom is -0.374 e. The lowest BCUT2D eigenvalue weighted by atomic mass is 10.1. The SMILES string of the molecule is CC(N)C1CN(CCS(=O)(=O)C(C)C)CCO1. The first-order chi connectivity index (χ1) is 7.83. The van der Waals surface area contributed by atoms with Gasteiger partial charge in [0.2, 0.25) is 0 Å². The first-order valence-electron chi connectivity index (χ1n) is 6.14. The van der Waals surface area contributed by atoms with Crippen LogP contribution in [-0.2, 0) is 14.6 Å². The normalized spacial score (nSPS) is 25.1. The molecule has 0 aliphatic carbocycles. The van der Waals surface area contributed by atoms with Crippen LogP contribution in [-0.4, -0.2) is 62.7 Å². The molecular formula is C11H24N2O3S. The molecule has 0 aromatic heterocycles. The Balaban J connectivity index is 2.42. The molecule has 0 aromatic carbocycles. The van der Waals surface area contributed by atoms with Gasteiger partial charge in [-0.15, -0.1) is 0 Å². The minimum atomic E-state index is -2.95. The van der Waals surface area contributed by atoms with Gasteiger partial charge in [0.15, 0.2) is 9.84 Å². The van der Waals surface area contributed by atoms with Gasteiger partial charge in [-0.3, -0.25) is 4.90 Å². The van der Waals surface area contributed by atoms with Crippen LogP contribution in [0.4, 0.5) is 0 Å². The second-order valence-corrected chi connectivity index (χ2v) is 7.66. The summed E-state index contributed by atoms with van der Waals surface area (Å²) in [6.07, 6.45) is 0.0190. The summed E-state index contributed by atoms with van der Waals surface area (Å²) in [5.74, 6) is 0.219. The predicted molar refractivity (Wildman–Crippen MR) is 68.8 cm³/mol. The Morgan fingerprint density at radius 2 is 2.06 bits per heavy atom. The Morgan fingerprint density at radius 3 is 2.59 bits per heavy atom. The van der Waals surface area contributed by atoms with Gasteiger partial charge in [-0.25, -0.2) is 8.42 Å². The Kier molecular flexibility index (Phi) is 5.37. The maximum Gasteiger partial charge on any atom is 0.153 e. The van der Waals surface area contributed by atoms with E-state index in [1.54, 1.807) is 13.8 Å². The molecule has 0 radical (unpaired) electrons. The Labute approximate surface area is 104 Å². The molecule has 17 heavy (non-hydrogen) atoms. The van der Waals surface area contributed by atoms with Crippen LogP contribution in [0.5, 0.6) is 0 Å². The van der Waals surface area contributed by atoms with E-state index in [1.165, 1.54) is 0 Å². The van der Waals surface area contributed by atoms with Crippen LogP contribution >= 0.6 is 0 Å². The van der Waals surface area contributed by atoms with Crippen molar-refractivity contribution in [2.45, 2.75) is 38.2 Å². The summed E-state index contributed by atoms with van der Waals surface area (Å²) in [5, 5.41) is -0.298. The van der Waals surface area contributed by atoms with Crippen molar-refractivity contribution in [3.8, 4) is 0 Å². The van der Waals surface area contributed by atoms with Crippen molar-refractivity contribution in [1.82, 2.24) is 4.90 Å². The van der Waals surface area contributed by atoms with Gasteiger partial charge >= 0.3 is 0 Å². The molecular weight excluding hydrogens is 240 g/mol. The van der Waals surface area contributed by atoms with E-state index in [-0.39, 0.29) is 23.1 Å². The minimum absolute atomic E-state index is 0.0143. The lowest BCUT2D eigenvalue weighted by Crippen LogP contribution is -2.50. The summed E-state index contributed by atoms with van der Waals surface area (Å²) in [4.78, 5) is 2.12. The van der Waals surface area contributed by atoms with Crippen molar-refractivity contribution in [3.05, 3.63) is 0 Å². The first kappa shape index (κ1) is 14.9. The van der Waals surface area contributed by atoms with Crippen molar-refractivity contribution >= 4 is 9.84 Å². The molecule has 6 heteroatoms. The van der Waals surface area contributed by atoms with E-state index >= 15 is 0 Å². The third kappa shape index (κ3) is 4.54. The first-order valence-corrected chi connectivity index (χ1v) is 7.85.